The molecule has 4 rings (SSSR count). The average Bonchev–Trinajstić information content (AvgIpc) is 3.02. The molecular weight excluding hydrogens is 409 g/mol. The molecule has 1 atom stereocenters. The van der Waals surface area contributed by atoms with Gasteiger partial charge >= 0.3 is 0 Å². The lowest BCUT2D eigenvalue weighted by Crippen LogP contribution is -2.39. The fraction of sp³-hybridized carbons (Fsp3) is 0.360. The number of Topliss-reactive ketones (excluding diaryl/α,β-unsaturated/α-hetero) is 1. The number of likely N-dealkylation sites (tertiary alicyclic amines) is 1. The number of carbonyl (C=O) groups is 1. The number of hydrogen-bond acceptors (Lipinski definition) is 4. The van der Waals surface area contributed by atoms with Gasteiger partial charge in [-0.3, -0.25) is 19.2 Å². The largest absolute Gasteiger partial charge is 0.496 e. The number of methoxy groups -OCH3 is 1. The molecule has 1 fully saturated rings. The minimum absolute atomic E-state index is 0.0450. The Labute approximate surface area is 186 Å². The van der Waals surface area contributed by atoms with Crippen molar-refractivity contribution in [2.24, 2.45) is 13.0 Å². The molecular formula is C25H28FN3O3. The number of carbonyl (C=O) groups excluding carboxylic acids is 1. The molecule has 2 aromatic carbocycles. The second-order valence-corrected chi connectivity index (χ2v) is 8.32. The number of rotatable bonds is 6. The summed E-state index contributed by atoms with van der Waals surface area (Å²) in [5.74, 6) is -0.446. The van der Waals surface area contributed by atoms with E-state index in [-0.39, 0.29) is 22.8 Å². The lowest BCUT2D eigenvalue weighted by Gasteiger charge is -2.32. The average molecular weight is 438 g/mol. The predicted molar refractivity (Wildman–Crippen MR) is 121 cm³/mol. The quantitative estimate of drug-likeness (QED) is 0.552. The molecule has 0 bridgehead atoms. The van der Waals surface area contributed by atoms with Gasteiger partial charge in [-0.05, 0) is 56.6 Å². The third-order valence-corrected chi connectivity index (χ3v) is 6.36. The van der Waals surface area contributed by atoms with Gasteiger partial charge in [0.05, 0.1) is 23.9 Å². The molecule has 6 nitrogen and oxygen atoms in total. The number of nitrogens with zero attached hydrogens (tertiary/aromatic N) is 3. The lowest BCUT2D eigenvalue weighted by molar-refractivity contribution is 0.0807. The van der Waals surface area contributed by atoms with Crippen molar-refractivity contribution in [1.82, 2.24) is 14.3 Å². The van der Waals surface area contributed by atoms with E-state index in [0.717, 1.165) is 36.3 Å². The maximum atomic E-state index is 13.8. The van der Waals surface area contributed by atoms with Gasteiger partial charge in [-0.25, -0.2) is 9.07 Å². The molecule has 0 spiro atoms. The van der Waals surface area contributed by atoms with E-state index in [1.807, 2.05) is 49.0 Å². The molecule has 7 heteroatoms. The van der Waals surface area contributed by atoms with Crippen LogP contribution in [-0.2, 0) is 13.6 Å². The van der Waals surface area contributed by atoms with Crippen LogP contribution in [0, 0.1) is 18.7 Å². The van der Waals surface area contributed by atoms with Gasteiger partial charge in [0.25, 0.3) is 5.56 Å². The van der Waals surface area contributed by atoms with Gasteiger partial charge < -0.3 is 4.74 Å². The Bertz CT molecular complexity index is 1180. The van der Waals surface area contributed by atoms with Gasteiger partial charge in [0.1, 0.15) is 11.6 Å². The highest BCUT2D eigenvalue weighted by Gasteiger charge is 2.30. The summed E-state index contributed by atoms with van der Waals surface area (Å²) < 4.78 is 22.6. The number of aromatic nitrogens is 2. The lowest BCUT2D eigenvalue weighted by atomic mass is 9.89. The molecule has 32 heavy (non-hydrogen) atoms. The second kappa shape index (κ2) is 9.12. The number of ether oxygens (including phenoxy) is 1. The van der Waals surface area contributed by atoms with Crippen molar-refractivity contribution >= 4 is 5.78 Å². The fourth-order valence-electron chi connectivity index (χ4n) is 4.54. The number of hydrogen-bond donors (Lipinski definition) is 0. The molecule has 2 heterocycles. The molecule has 0 amide bonds. The maximum absolute atomic E-state index is 13.8. The number of halogens is 1. The van der Waals surface area contributed by atoms with E-state index >= 15 is 0 Å². The summed E-state index contributed by atoms with van der Waals surface area (Å²) in [6.45, 7) is 3.75. The Morgan fingerprint density at radius 2 is 1.94 bits per heavy atom. The smallest absolute Gasteiger partial charge is 0.276 e. The molecule has 168 valence electrons. The van der Waals surface area contributed by atoms with Crippen molar-refractivity contribution in [3.63, 3.8) is 0 Å². The Kier molecular flexibility index (Phi) is 6.28. The molecule has 1 aromatic heterocycles. The van der Waals surface area contributed by atoms with Crippen molar-refractivity contribution in [3.05, 3.63) is 81.5 Å². The van der Waals surface area contributed by atoms with E-state index in [0.29, 0.717) is 18.8 Å². The summed E-state index contributed by atoms with van der Waals surface area (Å²) in [5.41, 5.74) is 2.68. The van der Waals surface area contributed by atoms with E-state index < -0.39 is 5.82 Å². The van der Waals surface area contributed by atoms with Crippen LogP contribution in [0.2, 0.25) is 0 Å². The molecule has 1 saturated heterocycles. The van der Waals surface area contributed by atoms with Gasteiger partial charge in [-0.1, -0.05) is 18.2 Å². The summed E-state index contributed by atoms with van der Waals surface area (Å²) >= 11 is 0. The monoisotopic (exact) mass is 437 g/mol. The van der Waals surface area contributed by atoms with Gasteiger partial charge in [0.2, 0.25) is 0 Å². The molecule has 0 unspecified atom stereocenters. The minimum atomic E-state index is -0.455. The first-order valence-corrected chi connectivity index (χ1v) is 10.8. The van der Waals surface area contributed by atoms with Gasteiger partial charge in [0, 0.05) is 31.7 Å². The van der Waals surface area contributed by atoms with Crippen LogP contribution in [0.1, 0.15) is 34.5 Å². The Morgan fingerprint density at radius 1 is 1.19 bits per heavy atom. The normalized spacial score (nSPS) is 16.8. The van der Waals surface area contributed by atoms with E-state index in [4.69, 9.17) is 4.74 Å². The first kappa shape index (κ1) is 22.0. The third kappa shape index (κ3) is 4.12. The SMILES string of the molecule is COc1ccc(F)cc1C(=O)[C@H]1CCCN(Cc2c(C)n(C)n(-c3ccccc3)c2=O)C1. The summed E-state index contributed by atoms with van der Waals surface area (Å²) in [6, 6.07) is 13.6. The zero-order valence-electron chi connectivity index (χ0n) is 18.7. The highest BCUT2D eigenvalue weighted by Crippen LogP contribution is 2.28. The van der Waals surface area contributed by atoms with Crippen LogP contribution < -0.4 is 10.3 Å². The molecule has 0 saturated carbocycles. The minimum Gasteiger partial charge on any atom is -0.496 e. The van der Waals surface area contributed by atoms with Gasteiger partial charge in [-0.2, -0.15) is 0 Å². The standard InChI is InChI=1S/C25H28FN3O3/c1-17-22(25(31)29(27(17)2)20-9-5-4-6-10-20)16-28-13-7-8-18(15-28)24(30)21-14-19(26)11-12-23(21)32-3/h4-6,9-12,14,18H,7-8,13,15-16H2,1-3H3/t18-/m0/s1. The number of para-hydroxylation sites is 1. The molecule has 0 aliphatic carbocycles. The Morgan fingerprint density at radius 3 is 2.66 bits per heavy atom. The Hall–Kier alpha value is -3.19. The molecule has 3 aromatic rings. The van der Waals surface area contributed by atoms with Crippen LogP contribution in [0.4, 0.5) is 4.39 Å². The highest BCUT2D eigenvalue weighted by molar-refractivity contribution is 6.00. The maximum Gasteiger partial charge on any atom is 0.276 e. The molecule has 1 aliphatic heterocycles. The van der Waals surface area contributed by atoms with Crippen LogP contribution >= 0.6 is 0 Å². The second-order valence-electron chi connectivity index (χ2n) is 8.32. The van der Waals surface area contributed by atoms with E-state index in [2.05, 4.69) is 4.90 Å². The first-order valence-electron chi connectivity index (χ1n) is 10.8. The van der Waals surface area contributed by atoms with Crippen molar-refractivity contribution in [3.8, 4) is 11.4 Å². The summed E-state index contributed by atoms with van der Waals surface area (Å²) in [7, 11) is 3.36. The first-order chi connectivity index (χ1) is 15.4. The topological polar surface area (TPSA) is 56.5 Å². The van der Waals surface area contributed by atoms with Crippen LogP contribution in [0.5, 0.6) is 5.75 Å². The van der Waals surface area contributed by atoms with Crippen LogP contribution in [0.25, 0.3) is 5.69 Å². The van der Waals surface area contributed by atoms with E-state index in [1.165, 1.54) is 25.3 Å². The molecule has 0 N–H and O–H groups in total. The summed E-state index contributed by atoms with van der Waals surface area (Å²) in [5, 5.41) is 0. The van der Waals surface area contributed by atoms with Crippen LogP contribution in [0.3, 0.4) is 0 Å². The van der Waals surface area contributed by atoms with Crippen molar-refractivity contribution in [2.75, 3.05) is 20.2 Å². The van der Waals surface area contributed by atoms with E-state index in [1.54, 1.807) is 4.68 Å². The molecule has 1 aliphatic rings. The van der Waals surface area contributed by atoms with Crippen LogP contribution in [-0.4, -0.2) is 40.2 Å². The Balaban J connectivity index is 1.56. The highest BCUT2D eigenvalue weighted by atomic mass is 19.1. The van der Waals surface area contributed by atoms with Crippen LogP contribution in [0.15, 0.2) is 53.3 Å². The predicted octanol–water partition coefficient (Wildman–Crippen LogP) is 3.73. The van der Waals surface area contributed by atoms with E-state index in [9.17, 15) is 14.0 Å². The summed E-state index contributed by atoms with van der Waals surface area (Å²) in [4.78, 5) is 28.5. The van der Waals surface area contributed by atoms with Crippen molar-refractivity contribution in [2.45, 2.75) is 26.3 Å². The van der Waals surface area contributed by atoms with Gasteiger partial charge in [-0.15, -0.1) is 0 Å². The fourth-order valence-corrected chi connectivity index (χ4v) is 4.54. The van der Waals surface area contributed by atoms with Crippen molar-refractivity contribution < 1.29 is 13.9 Å². The summed E-state index contributed by atoms with van der Waals surface area (Å²) in [6.07, 6.45) is 1.57. The van der Waals surface area contributed by atoms with Gasteiger partial charge in [0.15, 0.2) is 5.78 Å². The number of benzene rings is 2. The number of piperidine rings is 1. The number of ketones is 1. The zero-order chi connectivity index (χ0) is 22.8. The van der Waals surface area contributed by atoms with Crippen molar-refractivity contribution in [1.29, 1.82) is 0 Å². The third-order valence-electron chi connectivity index (χ3n) is 6.36. The zero-order valence-corrected chi connectivity index (χ0v) is 18.7. The molecule has 0 radical (unpaired) electrons.